The van der Waals surface area contributed by atoms with E-state index < -0.39 is 6.04 Å². The molecule has 0 aromatic heterocycles. The highest BCUT2D eigenvalue weighted by molar-refractivity contribution is 5.90. The molecule has 136 valence electrons. The Labute approximate surface area is 147 Å². The lowest BCUT2D eigenvalue weighted by atomic mass is 10.1. The molecule has 6 nitrogen and oxygen atoms in total. The third kappa shape index (κ3) is 4.21. The maximum Gasteiger partial charge on any atom is 0.242 e. The molecule has 0 saturated carbocycles. The Balaban J connectivity index is 1.71. The van der Waals surface area contributed by atoms with E-state index in [9.17, 15) is 14.0 Å². The fourth-order valence-corrected chi connectivity index (χ4v) is 3.47. The van der Waals surface area contributed by atoms with Crippen LogP contribution < -0.4 is 20.4 Å². The van der Waals surface area contributed by atoms with Crippen molar-refractivity contribution in [3.8, 4) is 0 Å². The lowest BCUT2D eigenvalue weighted by molar-refractivity contribution is -0.128. The van der Waals surface area contributed by atoms with Gasteiger partial charge in [0, 0.05) is 26.7 Å². The van der Waals surface area contributed by atoms with E-state index in [0.717, 1.165) is 37.2 Å². The topological polar surface area (TPSA) is 64.7 Å². The molecule has 2 aliphatic rings. The Hall–Kier alpha value is -2.31. The molecular formula is C18H25FN4O2. The summed E-state index contributed by atoms with van der Waals surface area (Å²) in [5.74, 6) is -0.641. The van der Waals surface area contributed by atoms with Crippen molar-refractivity contribution in [1.29, 1.82) is 0 Å². The van der Waals surface area contributed by atoms with Gasteiger partial charge in [0.1, 0.15) is 11.9 Å². The molecule has 0 spiro atoms. The first-order valence-corrected chi connectivity index (χ1v) is 8.87. The van der Waals surface area contributed by atoms with Gasteiger partial charge in [-0.3, -0.25) is 9.59 Å². The normalized spacial score (nSPS) is 21.0. The van der Waals surface area contributed by atoms with Crippen molar-refractivity contribution < 1.29 is 14.0 Å². The predicted octanol–water partition coefficient (Wildman–Crippen LogP) is 1.26. The van der Waals surface area contributed by atoms with Gasteiger partial charge >= 0.3 is 0 Å². The third-order valence-corrected chi connectivity index (χ3v) is 4.82. The zero-order valence-corrected chi connectivity index (χ0v) is 14.6. The van der Waals surface area contributed by atoms with Gasteiger partial charge in [-0.05, 0) is 43.9 Å². The molecule has 1 atom stereocenters. The molecule has 7 heteroatoms. The largest absolute Gasteiger partial charge is 0.373 e. The summed E-state index contributed by atoms with van der Waals surface area (Å²) in [6.07, 6.45) is 3.38. The quantitative estimate of drug-likeness (QED) is 0.863. The lowest BCUT2D eigenvalue weighted by Gasteiger charge is -2.26. The van der Waals surface area contributed by atoms with Crippen LogP contribution in [0.1, 0.15) is 25.7 Å². The zero-order chi connectivity index (χ0) is 17.8. The van der Waals surface area contributed by atoms with Crippen LogP contribution in [-0.2, 0) is 9.59 Å². The third-order valence-electron chi connectivity index (χ3n) is 4.82. The minimum Gasteiger partial charge on any atom is -0.373 e. The number of carbonyl (C=O) groups excluding carboxylic acids is 2. The molecular weight excluding hydrogens is 323 g/mol. The van der Waals surface area contributed by atoms with Crippen molar-refractivity contribution in [2.45, 2.75) is 31.7 Å². The van der Waals surface area contributed by atoms with Gasteiger partial charge in [-0.15, -0.1) is 0 Å². The Morgan fingerprint density at radius 2 is 2.12 bits per heavy atom. The molecule has 2 aliphatic heterocycles. The molecule has 0 bridgehead atoms. The maximum atomic E-state index is 13.7. The molecule has 2 amide bonds. The SMILES string of the molecule is CN1CCCN(CC(=O)NC2CCCCNC2=O)c2cc(F)ccc21. The average molecular weight is 348 g/mol. The predicted molar refractivity (Wildman–Crippen MR) is 95.3 cm³/mol. The summed E-state index contributed by atoms with van der Waals surface area (Å²) in [6, 6.07) is 4.19. The second-order valence-electron chi connectivity index (χ2n) is 6.74. The first-order chi connectivity index (χ1) is 12.0. The number of nitrogens with one attached hydrogen (secondary N) is 2. The number of rotatable bonds is 3. The monoisotopic (exact) mass is 348 g/mol. The molecule has 1 unspecified atom stereocenters. The Morgan fingerprint density at radius 1 is 1.28 bits per heavy atom. The van der Waals surface area contributed by atoms with Gasteiger partial charge in [0.15, 0.2) is 0 Å². The van der Waals surface area contributed by atoms with Gasteiger partial charge in [0.25, 0.3) is 0 Å². The second kappa shape index (κ2) is 7.72. The summed E-state index contributed by atoms with van der Waals surface area (Å²) in [7, 11) is 1.97. The van der Waals surface area contributed by atoms with E-state index in [-0.39, 0.29) is 24.2 Å². The van der Waals surface area contributed by atoms with E-state index in [1.807, 2.05) is 11.9 Å². The van der Waals surface area contributed by atoms with Crippen LogP contribution in [0.3, 0.4) is 0 Å². The number of nitrogens with zero attached hydrogens (tertiary/aromatic N) is 2. The van der Waals surface area contributed by atoms with Crippen LogP contribution in [0.2, 0.25) is 0 Å². The second-order valence-corrected chi connectivity index (χ2v) is 6.74. The first-order valence-electron chi connectivity index (χ1n) is 8.87. The number of amides is 2. The van der Waals surface area contributed by atoms with E-state index in [4.69, 9.17) is 0 Å². The van der Waals surface area contributed by atoms with E-state index in [2.05, 4.69) is 15.5 Å². The molecule has 1 saturated heterocycles. The van der Waals surface area contributed by atoms with Crippen LogP contribution >= 0.6 is 0 Å². The van der Waals surface area contributed by atoms with Crippen LogP contribution in [0.25, 0.3) is 0 Å². The Morgan fingerprint density at radius 3 is 2.96 bits per heavy atom. The molecule has 1 aromatic rings. The zero-order valence-electron chi connectivity index (χ0n) is 14.6. The molecule has 1 aromatic carbocycles. The molecule has 1 fully saturated rings. The summed E-state index contributed by atoms with van der Waals surface area (Å²) >= 11 is 0. The summed E-state index contributed by atoms with van der Waals surface area (Å²) in [6.45, 7) is 2.30. The molecule has 0 aliphatic carbocycles. The van der Waals surface area contributed by atoms with Gasteiger partial charge in [-0.2, -0.15) is 0 Å². The standard InChI is InChI=1S/C18H25FN4O2/c1-22-9-4-10-23(16-11-13(19)6-7-15(16)22)12-17(24)21-14-5-2-3-8-20-18(14)25/h6-7,11,14H,2-5,8-10,12H2,1H3,(H,20,25)(H,21,24). The highest BCUT2D eigenvalue weighted by Gasteiger charge is 2.25. The number of fused-ring (bicyclic) bond motifs is 1. The first kappa shape index (κ1) is 17.5. The molecule has 0 radical (unpaired) electrons. The van der Waals surface area contributed by atoms with E-state index in [1.165, 1.54) is 12.1 Å². The van der Waals surface area contributed by atoms with Gasteiger partial charge in [-0.1, -0.05) is 0 Å². The van der Waals surface area contributed by atoms with Crippen LogP contribution in [0.5, 0.6) is 0 Å². The van der Waals surface area contributed by atoms with Crippen molar-refractivity contribution in [2.24, 2.45) is 0 Å². The summed E-state index contributed by atoms with van der Waals surface area (Å²) in [4.78, 5) is 28.4. The van der Waals surface area contributed by atoms with Gasteiger partial charge in [0.2, 0.25) is 11.8 Å². The van der Waals surface area contributed by atoms with E-state index in [0.29, 0.717) is 19.5 Å². The molecule has 3 rings (SSSR count). The fraction of sp³-hybridized carbons (Fsp3) is 0.556. The van der Waals surface area contributed by atoms with Crippen molar-refractivity contribution in [3.05, 3.63) is 24.0 Å². The van der Waals surface area contributed by atoms with E-state index in [1.54, 1.807) is 6.07 Å². The van der Waals surface area contributed by atoms with Crippen molar-refractivity contribution in [1.82, 2.24) is 10.6 Å². The van der Waals surface area contributed by atoms with Crippen molar-refractivity contribution >= 4 is 23.2 Å². The van der Waals surface area contributed by atoms with Crippen molar-refractivity contribution in [2.75, 3.05) is 43.0 Å². The highest BCUT2D eigenvalue weighted by Crippen LogP contribution is 2.32. The number of benzene rings is 1. The van der Waals surface area contributed by atoms with Crippen LogP contribution in [0, 0.1) is 5.82 Å². The number of halogens is 1. The lowest BCUT2D eigenvalue weighted by Crippen LogP contribution is -2.48. The number of anilines is 2. The summed E-state index contributed by atoms with van der Waals surface area (Å²) in [5, 5.41) is 5.65. The van der Waals surface area contributed by atoms with Gasteiger partial charge < -0.3 is 20.4 Å². The summed E-state index contributed by atoms with van der Waals surface area (Å²) < 4.78 is 13.7. The number of hydrogen-bond acceptors (Lipinski definition) is 4. The van der Waals surface area contributed by atoms with Gasteiger partial charge in [-0.25, -0.2) is 4.39 Å². The minimum absolute atomic E-state index is 0.118. The van der Waals surface area contributed by atoms with E-state index >= 15 is 0 Å². The fourth-order valence-electron chi connectivity index (χ4n) is 3.47. The minimum atomic E-state index is -0.475. The number of carbonyl (C=O) groups is 2. The molecule has 25 heavy (non-hydrogen) atoms. The average Bonchev–Trinajstić information content (AvgIpc) is 2.86. The van der Waals surface area contributed by atoms with Crippen molar-refractivity contribution in [3.63, 3.8) is 0 Å². The van der Waals surface area contributed by atoms with Gasteiger partial charge in [0.05, 0.1) is 17.9 Å². The van der Waals surface area contributed by atoms with Crippen LogP contribution in [0.15, 0.2) is 18.2 Å². The van der Waals surface area contributed by atoms with Crippen LogP contribution in [0.4, 0.5) is 15.8 Å². The Kier molecular flexibility index (Phi) is 5.40. The highest BCUT2D eigenvalue weighted by atomic mass is 19.1. The molecule has 2 heterocycles. The number of hydrogen-bond donors (Lipinski definition) is 2. The molecule has 2 N–H and O–H groups in total. The maximum absolute atomic E-state index is 13.7. The van der Waals surface area contributed by atoms with Crippen LogP contribution in [-0.4, -0.2) is 51.1 Å². The Bertz CT molecular complexity index is 652. The summed E-state index contributed by atoms with van der Waals surface area (Å²) in [5.41, 5.74) is 1.64. The smallest absolute Gasteiger partial charge is 0.242 e.